The molecule has 1 aliphatic heterocycles. The molecule has 0 spiro atoms. The molecule has 1 atom stereocenters. The Bertz CT molecular complexity index is 1370. The van der Waals surface area contributed by atoms with Gasteiger partial charge >= 0.3 is 6.55 Å². The van der Waals surface area contributed by atoms with Crippen LogP contribution in [-0.4, -0.2) is 47.9 Å². The van der Waals surface area contributed by atoms with Gasteiger partial charge in [0.1, 0.15) is 12.1 Å². The van der Waals surface area contributed by atoms with Crippen molar-refractivity contribution in [2.24, 2.45) is 0 Å². The van der Waals surface area contributed by atoms with E-state index in [9.17, 15) is 18.8 Å². The lowest BCUT2D eigenvalue weighted by Gasteiger charge is -2.16. The van der Waals surface area contributed by atoms with Crippen LogP contribution in [0.1, 0.15) is 31.4 Å². The van der Waals surface area contributed by atoms with Crippen LogP contribution in [-0.2, 0) is 4.79 Å². The van der Waals surface area contributed by atoms with Gasteiger partial charge in [-0.05, 0) is 31.4 Å². The maximum Gasteiger partial charge on any atom is 0.333 e. The molecule has 10 nitrogen and oxygen atoms in total. The molecule has 162 valence electrons. The van der Waals surface area contributed by atoms with Crippen molar-refractivity contribution in [1.82, 2.24) is 34.7 Å². The minimum atomic E-state index is -2.78. The van der Waals surface area contributed by atoms with Crippen molar-refractivity contribution < 1.29 is 13.6 Å². The van der Waals surface area contributed by atoms with Crippen LogP contribution in [0, 0.1) is 11.3 Å². The molecule has 0 bridgehead atoms. The van der Waals surface area contributed by atoms with E-state index in [1.54, 1.807) is 18.2 Å². The Balaban J connectivity index is 1.69. The molecule has 0 unspecified atom stereocenters. The van der Waals surface area contributed by atoms with Crippen molar-refractivity contribution in [3.8, 4) is 17.5 Å². The predicted molar refractivity (Wildman–Crippen MR) is 110 cm³/mol. The number of nitriles is 1. The zero-order chi connectivity index (χ0) is 22.2. The van der Waals surface area contributed by atoms with E-state index in [1.165, 1.54) is 10.7 Å². The molecule has 0 radical (unpaired) electrons. The summed E-state index contributed by atoms with van der Waals surface area (Å²) in [6, 6.07) is 6.68. The average molecular weight is 437 g/mol. The number of nitrogens with one attached hydrogen (secondary N) is 2. The number of amides is 1. The highest BCUT2D eigenvalue weighted by atomic mass is 19.3. The van der Waals surface area contributed by atoms with Crippen LogP contribution in [0.2, 0.25) is 0 Å². The highest BCUT2D eigenvalue weighted by molar-refractivity contribution is 5.96. The first-order chi connectivity index (χ1) is 15.5. The molecule has 1 fully saturated rings. The monoisotopic (exact) mass is 437 g/mol. The molecule has 4 aromatic rings. The summed E-state index contributed by atoms with van der Waals surface area (Å²) >= 11 is 0. The van der Waals surface area contributed by atoms with Gasteiger partial charge < -0.3 is 10.6 Å². The molecule has 1 aliphatic rings. The summed E-state index contributed by atoms with van der Waals surface area (Å²) in [5, 5.41) is 24.2. The third kappa shape index (κ3) is 3.37. The van der Waals surface area contributed by atoms with Gasteiger partial charge in [-0.3, -0.25) is 4.79 Å². The second-order valence-corrected chi connectivity index (χ2v) is 7.39. The Morgan fingerprint density at radius 2 is 2.16 bits per heavy atom. The van der Waals surface area contributed by atoms with Crippen LogP contribution < -0.4 is 10.6 Å². The first-order valence-electron chi connectivity index (χ1n) is 10.0. The SMILES string of the molecule is N#Cc1cccc2c1nc(N[C@@H]1CCCCNC1=O)n1nc(-c3cnn(C(F)F)c3)nc21. The van der Waals surface area contributed by atoms with Crippen LogP contribution in [0.5, 0.6) is 0 Å². The average Bonchev–Trinajstić information content (AvgIpc) is 3.41. The van der Waals surface area contributed by atoms with Gasteiger partial charge in [-0.2, -0.15) is 23.7 Å². The summed E-state index contributed by atoms with van der Waals surface area (Å²) in [5.74, 6) is 0.254. The molecule has 1 saturated heterocycles. The molecule has 4 heterocycles. The predicted octanol–water partition coefficient (Wildman–Crippen LogP) is 2.49. The number of halogens is 2. The molecule has 32 heavy (non-hydrogen) atoms. The smallest absolute Gasteiger partial charge is 0.333 e. The van der Waals surface area contributed by atoms with Gasteiger partial charge in [0.15, 0.2) is 11.5 Å². The number of aromatic nitrogens is 6. The van der Waals surface area contributed by atoms with E-state index >= 15 is 0 Å². The molecule has 0 saturated carbocycles. The Hall–Kier alpha value is -4.14. The second kappa shape index (κ2) is 7.84. The van der Waals surface area contributed by atoms with Crippen LogP contribution in [0.15, 0.2) is 30.6 Å². The summed E-state index contributed by atoms with van der Waals surface area (Å²) in [5.41, 5.74) is 1.43. The van der Waals surface area contributed by atoms with E-state index in [4.69, 9.17) is 0 Å². The van der Waals surface area contributed by atoms with E-state index in [0.717, 1.165) is 19.0 Å². The largest absolute Gasteiger partial charge is 0.354 e. The van der Waals surface area contributed by atoms with Gasteiger partial charge in [-0.1, -0.05) is 6.07 Å². The number of benzene rings is 1. The van der Waals surface area contributed by atoms with Crippen LogP contribution >= 0.6 is 0 Å². The number of hydrogen-bond donors (Lipinski definition) is 2. The Kier molecular flexibility index (Phi) is 4.85. The van der Waals surface area contributed by atoms with E-state index in [1.807, 2.05) is 0 Å². The zero-order valence-corrected chi connectivity index (χ0v) is 16.7. The normalized spacial score (nSPS) is 16.8. The number of carbonyl (C=O) groups is 1. The summed E-state index contributed by atoms with van der Waals surface area (Å²) < 4.78 is 27.8. The van der Waals surface area contributed by atoms with Crippen molar-refractivity contribution in [3.05, 3.63) is 36.2 Å². The molecular weight excluding hydrogens is 420 g/mol. The molecule has 2 N–H and O–H groups in total. The second-order valence-electron chi connectivity index (χ2n) is 7.39. The molecule has 12 heteroatoms. The quantitative estimate of drug-likeness (QED) is 0.502. The topological polar surface area (TPSA) is 126 Å². The number of alkyl halides is 2. The maximum atomic E-state index is 13.0. The standard InChI is InChI=1S/C20H17F2N9O/c21-19(22)30-10-12(9-25-30)16-28-17-13-5-3-4-11(8-23)15(13)27-20(31(17)29-16)26-14-6-1-2-7-24-18(14)32/h3-5,9-10,14,19H,1-2,6-7H2,(H,24,32)(H,26,27)/t14-/m1/s1. The minimum absolute atomic E-state index is 0.148. The Morgan fingerprint density at radius 1 is 1.28 bits per heavy atom. The molecule has 3 aromatic heterocycles. The van der Waals surface area contributed by atoms with Gasteiger partial charge in [-0.15, -0.1) is 5.10 Å². The molecule has 1 aromatic carbocycles. The molecular formula is C20H17F2N9O. The van der Waals surface area contributed by atoms with Gasteiger partial charge in [0, 0.05) is 18.1 Å². The molecule has 5 rings (SSSR count). The lowest BCUT2D eigenvalue weighted by Crippen LogP contribution is -2.38. The summed E-state index contributed by atoms with van der Waals surface area (Å²) in [6.07, 6.45) is 4.75. The maximum absolute atomic E-state index is 13.0. The summed E-state index contributed by atoms with van der Waals surface area (Å²) in [4.78, 5) is 21.5. The summed E-state index contributed by atoms with van der Waals surface area (Å²) in [7, 11) is 0. The van der Waals surface area contributed by atoms with Gasteiger partial charge in [0.25, 0.3) is 0 Å². The van der Waals surface area contributed by atoms with Crippen molar-refractivity contribution >= 4 is 28.4 Å². The number of carbonyl (C=O) groups excluding carboxylic acids is 1. The van der Waals surface area contributed by atoms with E-state index in [-0.39, 0.29) is 17.7 Å². The fourth-order valence-corrected chi connectivity index (χ4v) is 3.73. The fraction of sp³-hybridized carbons (Fsp3) is 0.300. The highest BCUT2D eigenvalue weighted by Crippen LogP contribution is 2.27. The van der Waals surface area contributed by atoms with Crippen molar-refractivity contribution in [1.29, 1.82) is 5.26 Å². The first-order valence-corrected chi connectivity index (χ1v) is 10.0. The Labute approximate surface area is 179 Å². The fourth-order valence-electron chi connectivity index (χ4n) is 3.73. The van der Waals surface area contributed by atoms with E-state index in [2.05, 4.69) is 36.9 Å². The number of nitrogens with zero attached hydrogens (tertiary/aromatic N) is 7. The van der Waals surface area contributed by atoms with Crippen LogP contribution in [0.25, 0.3) is 27.9 Å². The first kappa shape index (κ1) is 19.8. The van der Waals surface area contributed by atoms with Crippen molar-refractivity contribution in [2.45, 2.75) is 31.9 Å². The van der Waals surface area contributed by atoms with Crippen molar-refractivity contribution in [2.75, 3.05) is 11.9 Å². The van der Waals surface area contributed by atoms with Crippen molar-refractivity contribution in [3.63, 3.8) is 0 Å². The third-order valence-electron chi connectivity index (χ3n) is 5.32. The van der Waals surface area contributed by atoms with Gasteiger partial charge in [-0.25, -0.2) is 14.6 Å². The third-order valence-corrected chi connectivity index (χ3v) is 5.32. The van der Waals surface area contributed by atoms with E-state index in [0.29, 0.717) is 45.3 Å². The Morgan fingerprint density at radius 3 is 2.94 bits per heavy atom. The van der Waals surface area contributed by atoms with Crippen LogP contribution in [0.4, 0.5) is 14.7 Å². The number of fused-ring (bicyclic) bond motifs is 3. The number of anilines is 1. The van der Waals surface area contributed by atoms with Gasteiger partial charge in [0.05, 0.1) is 22.8 Å². The number of para-hydroxylation sites is 1. The van der Waals surface area contributed by atoms with E-state index < -0.39 is 12.6 Å². The minimum Gasteiger partial charge on any atom is -0.354 e. The molecule has 0 aliphatic carbocycles. The molecule has 1 amide bonds. The lowest BCUT2D eigenvalue weighted by molar-refractivity contribution is -0.121. The number of rotatable bonds is 4. The van der Waals surface area contributed by atoms with Gasteiger partial charge in [0.2, 0.25) is 11.9 Å². The van der Waals surface area contributed by atoms with Crippen LogP contribution in [0.3, 0.4) is 0 Å². The highest BCUT2D eigenvalue weighted by Gasteiger charge is 2.24. The number of hydrogen-bond acceptors (Lipinski definition) is 7. The lowest BCUT2D eigenvalue weighted by atomic mass is 10.1. The zero-order valence-electron chi connectivity index (χ0n) is 16.7. The summed E-state index contributed by atoms with van der Waals surface area (Å²) in [6.45, 7) is -2.18.